The van der Waals surface area contributed by atoms with Gasteiger partial charge >= 0.3 is 6.03 Å². The molecule has 2 amide bonds. The van der Waals surface area contributed by atoms with Crippen molar-refractivity contribution in [3.8, 4) is 0 Å². The molecule has 2 N–H and O–H groups in total. The van der Waals surface area contributed by atoms with Gasteiger partial charge in [-0.3, -0.25) is 4.84 Å². The van der Waals surface area contributed by atoms with Crippen LogP contribution in [0.1, 0.15) is 22.3 Å². The number of carbonyl (C=O) groups excluding carboxylic acids is 1. The zero-order chi connectivity index (χ0) is 15.2. The van der Waals surface area contributed by atoms with Crippen LogP contribution in [0.3, 0.4) is 0 Å². The van der Waals surface area contributed by atoms with Gasteiger partial charge < -0.3 is 5.73 Å². The standard InChI is InChI=1S/C17H20N2O2/c1-13-3-7-15(8-4-13)11-19(17(18)20)21-12-16-9-5-14(2)6-10-16/h3-10H,11-12H2,1-2H3,(H2,18,20). The molecular formula is C17H20N2O2. The lowest BCUT2D eigenvalue weighted by Gasteiger charge is -2.20. The van der Waals surface area contributed by atoms with E-state index < -0.39 is 6.03 Å². The Labute approximate surface area is 125 Å². The summed E-state index contributed by atoms with van der Waals surface area (Å²) >= 11 is 0. The Morgan fingerprint density at radius 3 is 1.90 bits per heavy atom. The van der Waals surface area contributed by atoms with Gasteiger partial charge in [0, 0.05) is 0 Å². The molecule has 2 aromatic rings. The number of nitrogens with zero attached hydrogens (tertiary/aromatic N) is 1. The first-order chi connectivity index (χ1) is 10.0. The van der Waals surface area contributed by atoms with Gasteiger partial charge in [0.05, 0.1) is 6.54 Å². The van der Waals surface area contributed by atoms with Crippen LogP contribution in [0.4, 0.5) is 4.79 Å². The average Bonchev–Trinajstić information content (AvgIpc) is 2.47. The number of aryl methyl sites for hydroxylation is 2. The maximum absolute atomic E-state index is 11.5. The predicted molar refractivity (Wildman–Crippen MR) is 82.3 cm³/mol. The third kappa shape index (κ3) is 4.61. The molecule has 0 saturated carbocycles. The highest BCUT2D eigenvalue weighted by atomic mass is 16.7. The zero-order valence-electron chi connectivity index (χ0n) is 12.4. The number of rotatable bonds is 5. The smallest absolute Gasteiger partial charge is 0.339 e. The quantitative estimate of drug-likeness (QED) is 0.856. The summed E-state index contributed by atoms with van der Waals surface area (Å²) in [5, 5.41) is 1.19. The molecular weight excluding hydrogens is 264 g/mol. The minimum atomic E-state index is -0.595. The second-order valence-corrected chi connectivity index (χ2v) is 5.12. The van der Waals surface area contributed by atoms with Crippen LogP contribution in [-0.4, -0.2) is 11.1 Å². The number of amides is 2. The third-order valence-electron chi connectivity index (χ3n) is 3.20. The number of nitrogens with two attached hydrogens (primary N) is 1. The Bertz CT molecular complexity index is 591. The number of hydroxylamine groups is 2. The number of urea groups is 1. The summed E-state index contributed by atoms with van der Waals surface area (Å²) in [6, 6.07) is 15.3. The zero-order valence-corrected chi connectivity index (χ0v) is 12.4. The third-order valence-corrected chi connectivity index (χ3v) is 3.20. The summed E-state index contributed by atoms with van der Waals surface area (Å²) < 4.78 is 0. The van der Waals surface area contributed by atoms with Crippen LogP contribution in [0, 0.1) is 13.8 Å². The minimum Gasteiger partial charge on any atom is -0.350 e. The SMILES string of the molecule is Cc1ccc(CON(Cc2ccc(C)cc2)C(N)=O)cc1. The van der Waals surface area contributed by atoms with E-state index in [0.717, 1.165) is 11.1 Å². The largest absolute Gasteiger partial charge is 0.350 e. The molecule has 0 aromatic heterocycles. The second-order valence-electron chi connectivity index (χ2n) is 5.12. The number of hydrogen-bond acceptors (Lipinski definition) is 2. The lowest BCUT2D eigenvalue weighted by Crippen LogP contribution is -2.35. The van der Waals surface area contributed by atoms with Gasteiger partial charge in [-0.15, -0.1) is 0 Å². The van der Waals surface area contributed by atoms with E-state index >= 15 is 0 Å². The van der Waals surface area contributed by atoms with E-state index in [1.54, 1.807) is 0 Å². The summed E-state index contributed by atoms with van der Waals surface area (Å²) in [4.78, 5) is 17.0. The Morgan fingerprint density at radius 1 is 0.952 bits per heavy atom. The number of hydrogen-bond donors (Lipinski definition) is 1. The van der Waals surface area contributed by atoms with Crippen LogP contribution in [0.25, 0.3) is 0 Å². The van der Waals surface area contributed by atoms with E-state index in [1.165, 1.54) is 16.2 Å². The predicted octanol–water partition coefficient (Wildman–Crippen LogP) is 3.32. The summed E-state index contributed by atoms with van der Waals surface area (Å²) in [5.74, 6) is 0. The minimum absolute atomic E-state index is 0.315. The summed E-state index contributed by atoms with van der Waals surface area (Å²) in [5.41, 5.74) is 9.69. The highest BCUT2D eigenvalue weighted by Crippen LogP contribution is 2.10. The van der Waals surface area contributed by atoms with Crippen molar-refractivity contribution in [2.24, 2.45) is 5.73 Å². The van der Waals surface area contributed by atoms with Crippen molar-refractivity contribution in [2.75, 3.05) is 0 Å². The van der Waals surface area contributed by atoms with Crippen LogP contribution < -0.4 is 5.73 Å². The molecule has 0 aliphatic rings. The lowest BCUT2D eigenvalue weighted by atomic mass is 10.1. The van der Waals surface area contributed by atoms with Gasteiger partial charge in [-0.1, -0.05) is 59.7 Å². The van der Waals surface area contributed by atoms with Gasteiger partial charge in [0.2, 0.25) is 0 Å². The van der Waals surface area contributed by atoms with Gasteiger partial charge in [-0.25, -0.2) is 4.79 Å². The Balaban J connectivity index is 1.97. The first kappa shape index (κ1) is 15.1. The van der Waals surface area contributed by atoms with Crippen molar-refractivity contribution in [3.05, 3.63) is 70.8 Å². The average molecular weight is 284 g/mol. The van der Waals surface area contributed by atoms with Crippen molar-refractivity contribution in [1.29, 1.82) is 0 Å². The molecule has 0 spiro atoms. The van der Waals surface area contributed by atoms with Gasteiger partial charge in [0.25, 0.3) is 0 Å². The van der Waals surface area contributed by atoms with E-state index in [0.29, 0.717) is 13.2 Å². The van der Waals surface area contributed by atoms with Crippen LogP contribution in [-0.2, 0) is 18.0 Å². The lowest BCUT2D eigenvalue weighted by molar-refractivity contribution is -0.132. The van der Waals surface area contributed by atoms with Crippen molar-refractivity contribution in [3.63, 3.8) is 0 Å². The molecule has 0 saturated heterocycles. The maximum Gasteiger partial charge on any atom is 0.339 e. The van der Waals surface area contributed by atoms with Gasteiger partial charge in [-0.2, -0.15) is 5.06 Å². The molecule has 0 fully saturated rings. The second kappa shape index (κ2) is 6.90. The van der Waals surface area contributed by atoms with E-state index in [4.69, 9.17) is 10.6 Å². The topological polar surface area (TPSA) is 55.6 Å². The van der Waals surface area contributed by atoms with Gasteiger partial charge in [0.15, 0.2) is 0 Å². The summed E-state index contributed by atoms with van der Waals surface area (Å²) in [6.45, 7) is 4.69. The molecule has 0 aliphatic heterocycles. The van der Waals surface area contributed by atoms with Crippen molar-refractivity contribution in [2.45, 2.75) is 27.0 Å². The fraction of sp³-hybridized carbons (Fsp3) is 0.235. The Hall–Kier alpha value is -2.33. The first-order valence-electron chi connectivity index (χ1n) is 6.85. The first-order valence-corrected chi connectivity index (χ1v) is 6.85. The van der Waals surface area contributed by atoms with E-state index in [1.807, 2.05) is 62.4 Å². The molecule has 4 heteroatoms. The monoisotopic (exact) mass is 284 g/mol. The van der Waals surface area contributed by atoms with Gasteiger partial charge in [-0.05, 0) is 25.0 Å². The van der Waals surface area contributed by atoms with Crippen LogP contribution in [0.2, 0.25) is 0 Å². The number of benzene rings is 2. The molecule has 2 rings (SSSR count). The van der Waals surface area contributed by atoms with Crippen LogP contribution in [0.5, 0.6) is 0 Å². The molecule has 0 atom stereocenters. The highest BCUT2D eigenvalue weighted by Gasteiger charge is 2.11. The molecule has 0 aliphatic carbocycles. The number of carbonyl (C=O) groups is 1. The normalized spacial score (nSPS) is 10.4. The molecule has 21 heavy (non-hydrogen) atoms. The Kier molecular flexibility index (Phi) is 4.95. The van der Waals surface area contributed by atoms with Gasteiger partial charge in [0.1, 0.15) is 6.61 Å². The molecule has 0 bridgehead atoms. The van der Waals surface area contributed by atoms with E-state index in [2.05, 4.69) is 0 Å². The van der Waals surface area contributed by atoms with Crippen LogP contribution in [0.15, 0.2) is 48.5 Å². The fourth-order valence-corrected chi connectivity index (χ4v) is 1.88. The fourth-order valence-electron chi connectivity index (χ4n) is 1.88. The van der Waals surface area contributed by atoms with E-state index in [9.17, 15) is 4.79 Å². The van der Waals surface area contributed by atoms with Crippen molar-refractivity contribution >= 4 is 6.03 Å². The van der Waals surface area contributed by atoms with Crippen molar-refractivity contribution in [1.82, 2.24) is 5.06 Å². The maximum atomic E-state index is 11.5. The van der Waals surface area contributed by atoms with E-state index in [-0.39, 0.29) is 0 Å². The molecule has 0 radical (unpaired) electrons. The molecule has 0 unspecified atom stereocenters. The summed E-state index contributed by atoms with van der Waals surface area (Å²) in [6.07, 6.45) is 0. The number of primary amides is 1. The molecule has 0 heterocycles. The molecule has 110 valence electrons. The molecule has 2 aromatic carbocycles. The van der Waals surface area contributed by atoms with Crippen LogP contribution >= 0.6 is 0 Å². The Morgan fingerprint density at radius 2 is 1.43 bits per heavy atom. The molecule has 4 nitrogen and oxygen atoms in total. The highest BCUT2D eigenvalue weighted by molar-refractivity contribution is 5.70. The summed E-state index contributed by atoms with van der Waals surface area (Å²) in [7, 11) is 0. The van der Waals surface area contributed by atoms with Crippen molar-refractivity contribution < 1.29 is 9.63 Å².